The number of hydrogen-bond donors (Lipinski definition) is 1. The number of halogens is 3. The van der Waals surface area contributed by atoms with Crippen molar-refractivity contribution in [1.29, 1.82) is 0 Å². The van der Waals surface area contributed by atoms with Crippen LogP contribution < -0.4 is 5.32 Å². The number of alkyl halides is 1. The second-order valence-electron chi connectivity index (χ2n) is 4.43. The zero-order chi connectivity index (χ0) is 13.8. The van der Waals surface area contributed by atoms with E-state index >= 15 is 0 Å². The van der Waals surface area contributed by atoms with Crippen molar-refractivity contribution < 1.29 is 4.79 Å². The third-order valence-corrected chi connectivity index (χ3v) is 4.36. The Morgan fingerprint density at radius 2 is 2.11 bits per heavy atom. The molecule has 5 heteroatoms. The summed E-state index contributed by atoms with van der Waals surface area (Å²) in [4.78, 5) is 12.2. The summed E-state index contributed by atoms with van der Waals surface area (Å²) < 4.78 is 1.71. The molecule has 0 radical (unpaired) electrons. The molecule has 1 rings (SSSR count). The number of hydrogen-bond acceptors (Lipinski definition) is 1. The molecule has 0 aromatic heterocycles. The van der Waals surface area contributed by atoms with Crippen LogP contribution in [0.5, 0.6) is 0 Å². The number of rotatable bonds is 5. The molecule has 0 spiro atoms. The maximum absolute atomic E-state index is 12.2. The van der Waals surface area contributed by atoms with Crippen LogP contribution in [0.2, 0.25) is 0 Å². The van der Waals surface area contributed by atoms with Crippen LogP contribution >= 0.6 is 43.5 Å². The van der Waals surface area contributed by atoms with E-state index in [1.165, 1.54) is 0 Å². The molecule has 0 fully saturated rings. The zero-order valence-electron chi connectivity index (χ0n) is 10.4. The number of carbonyl (C=O) groups excluding carboxylic acids is 1. The van der Waals surface area contributed by atoms with E-state index in [1.54, 1.807) is 6.07 Å². The fraction of sp³-hybridized carbons (Fsp3) is 0.462. The van der Waals surface area contributed by atoms with Gasteiger partial charge in [-0.25, -0.2) is 0 Å². The Morgan fingerprint density at radius 3 is 2.61 bits per heavy atom. The number of benzene rings is 1. The van der Waals surface area contributed by atoms with Crippen LogP contribution in [-0.2, 0) is 0 Å². The van der Waals surface area contributed by atoms with Crippen LogP contribution in [0.1, 0.15) is 37.0 Å². The first kappa shape index (κ1) is 16.0. The molecule has 1 unspecified atom stereocenters. The number of nitrogens with one attached hydrogen (secondary N) is 1. The molecule has 1 amide bonds. The van der Waals surface area contributed by atoms with Crippen molar-refractivity contribution in [3.63, 3.8) is 0 Å². The monoisotopic (exact) mass is 395 g/mol. The van der Waals surface area contributed by atoms with Gasteiger partial charge in [0.15, 0.2) is 0 Å². The molecule has 1 aromatic rings. The van der Waals surface area contributed by atoms with Gasteiger partial charge < -0.3 is 5.32 Å². The topological polar surface area (TPSA) is 29.1 Å². The van der Waals surface area contributed by atoms with Crippen LogP contribution in [0, 0.1) is 0 Å². The molecule has 0 saturated heterocycles. The van der Waals surface area contributed by atoms with Gasteiger partial charge in [-0.15, -0.1) is 11.6 Å². The summed E-state index contributed by atoms with van der Waals surface area (Å²) >= 11 is 12.5. The minimum atomic E-state index is -0.259. The summed E-state index contributed by atoms with van der Waals surface area (Å²) in [6, 6.07) is 5.50. The Bertz CT molecular complexity index is 439. The molecule has 1 N–H and O–H groups in total. The molecular weight excluding hydrogens is 381 g/mol. The highest BCUT2D eigenvalue weighted by Gasteiger charge is 2.24. The average molecular weight is 398 g/mol. The summed E-state index contributed by atoms with van der Waals surface area (Å²) in [5.74, 6) is 0.454. The summed E-state index contributed by atoms with van der Waals surface area (Å²) in [6.07, 6.45) is 1.60. The lowest BCUT2D eigenvalue weighted by Crippen LogP contribution is -2.45. The van der Waals surface area contributed by atoms with Gasteiger partial charge in [0.25, 0.3) is 5.91 Å². The minimum absolute atomic E-state index is 0.0798. The van der Waals surface area contributed by atoms with E-state index < -0.39 is 0 Å². The predicted octanol–water partition coefficient (Wildman–Crippen LogP) is 4.74. The SMILES string of the molecule is CCC(C)(CCCl)NC(=O)c1ccc(Br)cc1Br. The highest BCUT2D eigenvalue weighted by atomic mass is 79.9. The average Bonchev–Trinajstić information content (AvgIpc) is 2.28. The van der Waals surface area contributed by atoms with Gasteiger partial charge in [0.2, 0.25) is 0 Å². The van der Waals surface area contributed by atoms with Crippen molar-refractivity contribution in [2.75, 3.05) is 5.88 Å². The second kappa shape index (κ2) is 6.92. The molecule has 1 atom stereocenters. The van der Waals surface area contributed by atoms with Crippen molar-refractivity contribution in [3.8, 4) is 0 Å². The molecule has 0 heterocycles. The Balaban J connectivity index is 2.87. The molecule has 100 valence electrons. The van der Waals surface area contributed by atoms with E-state index in [0.717, 1.165) is 21.8 Å². The van der Waals surface area contributed by atoms with Gasteiger partial charge in [-0.3, -0.25) is 4.79 Å². The van der Waals surface area contributed by atoms with Crippen LogP contribution in [0.15, 0.2) is 27.1 Å². The highest BCUT2D eigenvalue weighted by molar-refractivity contribution is 9.11. The molecule has 1 aromatic carbocycles. The maximum atomic E-state index is 12.2. The minimum Gasteiger partial charge on any atom is -0.347 e. The molecule has 18 heavy (non-hydrogen) atoms. The van der Waals surface area contributed by atoms with E-state index in [0.29, 0.717) is 11.4 Å². The van der Waals surface area contributed by atoms with E-state index in [2.05, 4.69) is 37.2 Å². The molecule has 2 nitrogen and oxygen atoms in total. The Hall–Kier alpha value is -0.0600. The standard InChI is InChI=1S/C13H16Br2ClNO/c1-3-13(2,6-7-16)17-12(18)10-5-4-9(14)8-11(10)15/h4-5,8H,3,6-7H2,1-2H3,(H,17,18). The summed E-state index contributed by atoms with van der Waals surface area (Å²) in [6.45, 7) is 4.06. The first-order valence-electron chi connectivity index (χ1n) is 5.75. The third kappa shape index (κ3) is 4.25. The Labute approximate surface area is 130 Å². The zero-order valence-corrected chi connectivity index (χ0v) is 14.3. The third-order valence-electron chi connectivity index (χ3n) is 3.02. The van der Waals surface area contributed by atoms with Crippen LogP contribution in [0.25, 0.3) is 0 Å². The van der Waals surface area contributed by atoms with Gasteiger partial charge in [-0.05, 0) is 53.9 Å². The quantitative estimate of drug-likeness (QED) is 0.715. The van der Waals surface area contributed by atoms with Crippen molar-refractivity contribution in [1.82, 2.24) is 5.32 Å². The van der Waals surface area contributed by atoms with Crippen molar-refractivity contribution in [2.24, 2.45) is 0 Å². The first-order valence-corrected chi connectivity index (χ1v) is 7.87. The van der Waals surface area contributed by atoms with Crippen molar-refractivity contribution in [3.05, 3.63) is 32.7 Å². The molecule has 0 saturated carbocycles. The maximum Gasteiger partial charge on any atom is 0.252 e. The summed E-state index contributed by atoms with van der Waals surface area (Å²) in [5.41, 5.74) is 0.373. The van der Waals surface area contributed by atoms with Gasteiger partial charge in [0.1, 0.15) is 0 Å². The Morgan fingerprint density at radius 1 is 1.44 bits per heavy atom. The normalized spacial score (nSPS) is 14.1. The fourth-order valence-electron chi connectivity index (χ4n) is 1.55. The van der Waals surface area contributed by atoms with Crippen LogP contribution in [-0.4, -0.2) is 17.3 Å². The van der Waals surface area contributed by atoms with E-state index in [1.807, 2.05) is 26.0 Å². The van der Waals surface area contributed by atoms with Crippen molar-refractivity contribution >= 4 is 49.4 Å². The smallest absolute Gasteiger partial charge is 0.252 e. The van der Waals surface area contributed by atoms with Gasteiger partial charge >= 0.3 is 0 Å². The van der Waals surface area contributed by atoms with Crippen LogP contribution in [0.4, 0.5) is 0 Å². The van der Waals surface area contributed by atoms with E-state index in [9.17, 15) is 4.79 Å². The number of amides is 1. The largest absolute Gasteiger partial charge is 0.347 e. The number of carbonyl (C=O) groups is 1. The highest BCUT2D eigenvalue weighted by Crippen LogP contribution is 2.23. The molecule has 0 aliphatic rings. The molecular formula is C13H16Br2ClNO. The lowest BCUT2D eigenvalue weighted by Gasteiger charge is -2.29. The summed E-state index contributed by atoms with van der Waals surface area (Å²) in [5, 5.41) is 3.05. The van der Waals surface area contributed by atoms with E-state index in [-0.39, 0.29) is 11.4 Å². The van der Waals surface area contributed by atoms with E-state index in [4.69, 9.17) is 11.6 Å². The molecule has 0 aliphatic heterocycles. The fourth-order valence-corrected chi connectivity index (χ4v) is 3.20. The Kier molecular flexibility index (Phi) is 6.15. The van der Waals surface area contributed by atoms with Gasteiger partial charge in [-0.1, -0.05) is 22.9 Å². The molecule has 0 bridgehead atoms. The predicted molar refractivity (Wildman–Crippen MR) is 83.3 cm³/mol. The second-order valence-corrected chi connectivity index (χ2v) is 6.58. The van der Waals surface area contributed by atoms with Gasteiger partial charge in [0, 0.05) is 20.4 Å². The molecule has 0 aliphatic carbocycles. The van der Waals surface area contributed by atoms with Gasteiger partial charge in [-0.2, -0.15) is 0 Å². The van der Waals surface area contributed by atoms with Crippen molar-refractivity contribution in [2.45, 2.75) is 32.2 Å². The lowest BCUT2D eigenvalue weighted by molar-refractivity contribution is 0.0900. The van der Waals surface area contributed by atoms with Crippen LogP contribution in [0.3, 0.4) is 0 Å². The van der Waals surface area contributed by atoms with Gasteiger partial charge in [0.05, 0.1) is 5.56 Å². The lowest BCUT2D eigenvalue weighted by atomic mass is 9.95. The summed E-state index contributed by atoms with van der Waals surface area (Å²) in [7, 11) is 0. The first-order chi connectivity index (χ1) is 8.41.